The van der Waals surface area contributed by atoms with Crippen LogP contribution in [0.2, 0.25) is 5.02 Å². The fourth-order valence-electron chi connectivity index (χ4n) is 2.48. The van der Waals surface area contributed by atoms with Gasteiger partial charge in [0.1, 0.15) is 5.75 Å². The lowest BCUT2D eigenvalue weighted by molar-refractivity contribution is 0.103. The van der Waals surface area contributed by atoms with Crippen molar-refractivity contribution < 1.29 is 9.53 Å². The summed E-state index contributed by atoms with van der Waals surface area (Å²) in [4.78, 5) is 12.6. The number of ether oxygens (including phenoxy) is 1. The Kier molecular flexibility index (Phi) is 3.49. The van der Waals surface area contributed by atoms with E-state index in [4.69, 9.17) is 16.3 Å². The summed E-state index contributed by atoms with van der Waals surface area (Å²) in [6, 6.07) is 11.1. The molecule has 1 aliphatic rings. The van der Waals surface area contributed by atoms with E-state index in [0.717, 1.165) is 36.3 Å². The minimum atomic E-state index is -0.0351. The molecule has 0 saturated heterocycles. The molecular weight excluding hydrogens is 272 g/mol. The molecule has 1 heterocycles. The maximum absolute atomic E-state index is 12.6. The zero-order chi connectivity index (χ0) is 14.1. The lowest BCUT2D eigenvalue weighted by Gasteiger charge is -2.17. The molecule has 0 unspecified atom stereocenters. The van der Waals surface area contributed by atoms with Crippen LogP contribution in [0.4, 0.5) is 0 Å². The highest BCUT2D eigenvalue weighted by atomic mass is 35.5. The van der Waals surface area contributed by atoms with E-state index in [2.05, 4.69) is 0 Å². The maximum Gasteiger partial charge on any atom is 0.194 e. The fraction of sp³-hybridized carbons (Fsp3) is 0.235. The van der Waals surface area contributed by atoms with E-state index in [-0.39, 0.29) is 5.78 Å². The van der Waals surface area contributed by atoms with E-state index >= 15 is 0 Å². The third-order valence-corrected chi connectivity index (χ3v) is 4.11. The molecule has 3 rings (SSSR count). The van der Waals surface area contributed by atoms with Crippen molar-refractivity contribution in [1.29, 1.82) is 0 Å². The quantitative estimate of drug-likeness (QED) is 0.773. The zero-order valence-corrected chi connectivity index (χ0v) is 12.0. The summed E-state index contributed by atoms with van der Waals surface area (Å²) in [5.74, 6) is 0.857. The van der Waals surface area contributed by atoms with Crippen LogP contribution in [0.1, 0.15) is 33.5 Å². The minimum Gasteiger partial charge on any atom is -0.493 e. The molecule has 2 aromatic carbocycles. The molecule has 2 aromatic rings. The smallest absolute Gasteiger partial charge is 0.194 e. The van der Waals surface area contributed by atoms with Crippen LogP contribution in [0.15, 0.2) is 36.4 Å². The molecule has 20 heavy (non-hydrogen) atoms. The SMILES string of the molecule is Cc1cccc(C(=O)c2ccc3c(c2)CCCO3)c1Cl. The van der Waals surface area contributed by atoms with Crippen molar-refractivity contribution >= 4 is 17.4 Å². The number of hydrogen-bond acceptors (Lipinski definition) is 2. The highest BCUT2D eigenvalue weighted by molar-refractivity contribution is 6.35. The van der Waals surface area contributed by atoms with Gasteiger partial charge in [-0.05, 0) is 55.2 Å². The Bertz CT molecular complexity index is 677. The van der Waals surface area contributed by atoms with Crippen molar-refractivity contribution in [3.63, 3.8) is 0 Å². The molecule has 0 radical (unpaired) electrons. The van der Waals surface area contributed by atoms with Crippen LogP contribution < -0.4 is 4.74 Å². The topological polar surface area (TPSA) is 26.3 Å². The summed E-state index contributed by atoms with van der Waals surface area (Å²) in [5.41, 5.74) is 3.25. The summed E-state index contributed by atoms with van der Waals surface area (Å²) in [6.45, 7) is 2.66. The normalized spacial score (nSPS) is 13.5. The Hall–Kier alpha value is -1.80. The largest absolute Gasteiger partial charge is 0.493 e. The van der Waals surface area contributed by atoms with Crippen LogP contribution in [0.3, 0.4) is 0 Å². The van der Waals surface area contributed by atoms with Crippen LogP contribution in [0.25, 0.3) is 0 Å². The monoisotopic (exact) mass is 286 g/mol. The fourth-order valence-corrected chi connectivity index (χ4v) is 2.69. The first-order valence-electron chi connectivity index (χ1n) is 6.72. The molecule has 0 atom stereocenters. The van der Waals surface area contributed by atoms with E-state index in [1.54, 1.807) is 6.07 Å². The van der Waals surface area contributed by atoms with Gasteiger partial charge in [0, 0.05) is 11.1 Å². The van der Waals surface area contributed by atoms with Gasteiger partial charge >= 0.3 is 0 Å². The van der Waals surface area contributed by atoms with Gasteiger partial charge in [0.2, 0.25) is 0 Å². The highest BCUT2D eigenvalue weighted by Crippen LogP contribution is 2.28. The number of ketones is 1. The first-order chi connectivity index (χ1) is 9.66. The van der Waals surface area contributed by atoms with E-state index in [1.807, 2.05) is 37.3 Å². The molecule has 0 aliphatic carbocycles. The molecule has 0 aromatic heterocycles. The maximum atomic E-state index is 12.6. The van der Waals surface area contributed by atoms with Crippen molar-refractivity contribution in [3.05, 3.63) is 63.7 Å². The van der Waals surface area contributed by atoms with Gasteiger partial charge in [0.05, 0.1) is 11.6 Å². The molecule has 0 N–H and O–H groups in total. The van der Waals surface area contributed by atoms with Crippen molar-refractivity contribution in [2.75, 3.05) is 6.61 Å². The number of carbonyl (C=O) groups excluding carboxylic acids is 1. The lowest BCUT2D eigenvalue weighted by Crippen LogP contribution is -2.10. The molecule has 3 heteroatoms. The van der Waals surface area contributed by atoms with Gasteiger partial charge in [0.15, 0.2) is 5.78 Å². The van der Waals surface area contributed by atoms with Crippen molar-refractivity contribution in [1.82, 2.24) is 0 Å². The van der Waals surface area contributed by atoms with Crippen LogP contribution in [0, 0.1) is 6.92 Å². The average molecular weight is 287 g/mol. The highest BCUT2D eigenvalue weighted by Gasteiger charge is 2.17. The summed E-state index contributed by atoms with van der Waals surface area (Å²) in [5, 5.41) is 0.534. The predicted octanol–water partition coefficient (Wildman–Crippen LogP) is 4.20. The van der Waals surface area contributed by atoms with E-state index in [9.17, 15) is 4.79 Å². The van der Waals surface area contributed by atoms with Crippen molar-refractivity contribution in [2.45, 2.75) is 19.8 Å². The molecule has 0 spiro atoms. The molecule has 1 aliphatic heterocycles. The second-order valence-electron chi connectivity index (χ2n) is 5.04. The lowest BCUT2D eigenvalue weighted by atomic mass is 9.97. The van der Waals surface area contributed by atoms with Gasteiger partial charge in [-0.15, -0.1) is 0 Å². The Labute approximate surface area is 123 Å². The number of fused-ring (bicyclic) bond motifs is 1. The van der Waals surface area contributed by atoms with Crippen LogP contribution in [-0.2, 0) is 6.42 Å². The Morgan fingerprint density at radius 2 is 2.10 bits per heavy atom. The molecule has 102 valence electrons. The van der Waals surface area contributed by atoms with Gasteiger partial charge < -0.3 is 4.74 Å². The Morgan fingerprint density at radius 3 is 2.95 bits per heavy atom. The zero-order valence-electron chi connectivity index (χ0n) is 11.3. The van der Waals surface area contributed by atoms with Crippen LogP contribution in [0.5, 0.6) is 5.75 Å². The van der Waals surface area contributed by atoms with Gasteiger partial charge in [-0.3, -0.25) is 4.79 Å². The number of carbonyl (C=O) groups is 1. The minimum absolute atomic E-state index is 0.0351. The van der Waals surface area contributed by atoms with Crippen LogP contribution >= 0.6 is 11.6 Å². The first-order valence-corrected chi connectivity index (χ1v) is 7.10. The van der Waals surface area contributed by atoms with E-state index in [1.165, 1.54) is 0 Å². The first kappa shape index (κ1) is 13.2. The van der Waals surface area contributed by atoms with Gasteiger partial charge in [-0.2, -0.15) is 0 Å². The summed E-state index contributed by atoms with van der Waals surface area (Å²) in [7, 11) is 0. The van der Waals surface area contributed by atoms with Gasteiger partial charge in [0.25, 0.3) is 0 Å². The molecule has 2 nitrogen and oxygen atoms in total. The van der Waals surface area contributed by atoms with E-state index < -0.39 is 0 Å². The standard InChI is InChI=1S/C17H15ClO2/c1-11-4-2-6-14(16(11)18)17(19)13-7-8-15-12(10-13)5-3-9-20-15/h2,4,6-8,10H,3,5,9H2,1H3. The van der Waals surface area contributed by atoms with Crippen molar-refractivity contribution in [3.8, 4) is 5.75 Å². The van der Waals surface area contributed by atoms with Gasteiger partial charge in [-0.25, -0.2) is 0 Å². The predicted molar refractivity (Wildman–Crippen MR) is 79.9 cm³/mol. The Morgan fingerprint density at radius 1 is 1.25 bits per heavy atom. The molecule has 0 fully saturated rings. The van der Waals surface area contributed by atoms with Gasteiger partial charge in [-0.1, -0.05) is 23.7 Å². The third kappa shape index (κ3) is 2.32. The average Bonchev–Trinajstić information content (AvgIpc) is 2.49. The summed E-state index contributed by atoms with van der Waals surface area (Å²) < 4.78 is 5.57. The molecule has 0 saturated carbocycles. The number of benzene rings is 2. The second kappa shape index (κ2) is 5.29. The Balaban J connectivity index is 2.00. The third-order valence-electron chi connectivity index (χ3n) is 3.61. The second-order valence-corrected chi connectivity index (χ2v) is 5.42. The number of hydrogen-bond donors (Lipinski definition) is 0. The van der Waals surface area contributed by atoms with Crippen molar-refractivity contribution in [2.24, 2.45) is 0 Å². The summed E-state index contributed by atoms with van der Waals surface area (Å²) in [6.07, 6.45) is 1.95. The number of rotatable bonds is 2. The summed E-state index contributed by atoms with van der Waals surface area (Å²) >= 11 is 6.24. The number of aryl methyl sites for hydroxylation is 2. The number of halogens is 1. The van der Waals surface area contributed by atoms with E-state index in [0.29, 0.717) is 16.1 Å². The molecule has 0 amide bonds. The molecular formula is C17H15ClO2. The molecule has 0 bridgehead atoms. The van der Waals surface area contributed by atoms with Crippen LogP contribution in [-0.4, -0.2) is 12.4 Å².